The second kappa shape index (κ2) is 6.48. The summed E-state index contributed by atoms with van der Waals surface area (Å²) in [6.45, 7) is 4.88. The average Bonchev–Trinajstić information content (AvgIpc) is 3.04. The Morgan fingerprint density at radius 2 is 1.79 bits per heavy atom. The van der Waals surface area contributed by atoms with Crippen LogP contribution >= 0.6 is 0 Å². The van der Waals surface area contributed by atoms with Crippen LogP contribution < -0.4 is 10.2 Å². The topological polar surface area (TPSA) is 55.2 Å². The fourth-order valence-electron chi connectivity index (χ4n) is 3.81. The molecule has 0 atom stereocenters. The fraction of sp³-hybridized carbons (Fsp3) is 0.300. The molecule has 2 fully saturated rings. The van der Waals surface area contributed by atoms with E-state index in [1.54, 1.807) is 6.07 Å². The Labute approximate surface area is 166 Å². The highest BCUT2D eigenvalue weighted by molar-refractivity contribution is 5.66. The minimum absolute atomic E-state index is 0. The van der Waals surface area contributed by atoms with Crippen molar-refractivity contribution in [1.82, 2.24) is 14.8 Å². The maximum absolute atomic E-state index is 15.1. The van der Waals surface area contributed by atoms with E-state index < -0.39 is 11.6 Å². The summed E-state index contributed by atoms with van der Waals surface area (Å²) in [6.07, 6.45) is 1.31. The van der Waals surface area contributed by atoms with E-state index in [2.05, 4.69) is 15.4 Å². The standard InChI is InChI=1S/C20H18F3N5O.H2/c1-12-2-16(18(23)17(3-12)27-7-20(8-27)9-29-10-20)25-19-24-11-28(26-19)15-5-13(21)4-14(22)6-15;/h2-6,11H,7-10H2,1H3,(H,25,26);1H. The maximum atomic E-state index is 15.1. The van der Waals surface area contributed by atoms with Crippen LogP contribution in [0.2, 0.25) is 0 Å². The molecule has 152 valence electrons. The molecule has 0 bridgehead atoms. The number of rotatable bonds is 4. The Bertz CT molecular complexity index is 1070. The molecule has 1 spiro atoms. The van der Waals surface area contributed by atoms with Crippen molar-refractivity contribution in [3.8, 4) is 5.69 Å². The van der Waals surface area contributed by atoms with Crippen LogP contribution in [-0.2, 0) is 4.74 Å². The van der Waals surface area contributed by atoms with Crippen molar-refractivity contribution in [3.05, 3.63) is 59.7 Å². The van der Waals surface area contributed by atoms with E-state index in [-0.39, 0.29) is 30.0 Å². The van der Waals surface area contributed by atoms with Crippen LogP contribution in [-0.4, -0.2) is 41.1 Å². The Morgan fingerprint density at radius 1 is 1.07 bits per heavy atom. The molecule has 0 radical (unpaired) electrons. The molecule has 3 aromatic rings. The van der Waals surface area contributed by atoms with Crippen molar-refractivity contribution in [2.75, 3.05) is 36.5 Å². The SMILES string of the molecule is Cc1cc(Nc2ncn(-c3cc(F)cc(F)c3)n2)c(F)c(N2CC3(COC3)C2)c1.[HH]. The Morgan fingerprint density at radius 3 is 2.45 bits per heavy atom. The van der Waals surface area contributed by atoms with Gasteiger partial charge in [0.05, 0.1) is 35.7 Å². The number of halogens is 3. The molecule has 2 aliphatic rings. The number of nitrogens with one attached hydrogen (secondary N) is 1. The van der Waals surface area contributed by atoms with Crippen molar-refractivity contribution in [3.63, 3.8) is 0 Å². The Balaban J connectivity index is 0.00000218. The monoisotopic (exact) mass is 403 g/mol. The summed E-state index contributed by atoms with van der Waals surface area (Å²) in [5.74, 6) is -1.71. The second-order valence-electron chi connectivity index (χ2n) is 7.76. The van der Waals surface area contributed by atoms with Crippen LogP contribution in [0, 0.1) is 29.8 Å². The first-order valence-corrected chi connectivity index (χ1v) is 9.19. The molecule has 3 heterocycles. The minimum atomic E-state index is -0.719. The van der Waals surface area contributed by atoms with Gasteiger partial charge in [0, 0.05) is 20.6 Å². The van der Waals surface area contributed by atoms with Crippen molar-refractivity contribution in [2.45, 2.75) is 6.92 Å². The summed E-state index contributed by atoms with van der Waals surface area (Å²) < 4.78 is 48.5. The predicted octanol–water partition coefficient (Wildman–Crippen LogP) is 3.82. The van der Waals surface area contributed by atoms with Crippen LogP contribution in [0.4, 0.5) is 30.5 Å². The zero-order chi connectivity index (χ0) is 20.2. The van der Waals surface area contributed by atoms with Gasteiger partial charge in [-0.2, -0.15) is 4.98 Å². The van der Waals surface area contributed by atoms with Gasteiger partial charge >= 0.3 is 0 Å². The van der Waals surface area contributed by atoms with Gasteiger partial charge in [0.2, 0.25) is 5.95 Å². The number of benzene rings is 2. The van der Waals surface area contributed by atoms with Crippen molar-refractivity contribution in [2.24, 2.45) is 5.41 Å². The van der Waals surface area contributed by atoms with Crippen LogP contribution in [0.1, 0.15) is 6.99 Å². The van der Waals surface area contributed by atoms with E-state index in [4.69, 9.17) is 4.74 Å². The second-order valence-corrected chi connectivity index (χ2v) is 7.76. The van der Waals surface area contributed by atoms with Crippen molar-refractivity contribution in [1.29, 1.82) is 0 Å². The molecule has 1 N–H and O–H groups in total. The summed E-state index contributed by atoms with van der Waals surface area (Å²) in [7, 11) is 0. The summed E-state index contributed by atoms with van der Waals surface area (Å²) in [5.41, 5.74) is 2.01. The Hall–Kier alpha value is -3.07. The summed E-state index contributed by atoms with van der Waals surface area (Å²) in [4.78, 5) is 6.07. The molecule has 0 unspecified atom stereocenters. The van der Waals surface area contributed by atoms with E-state index in [9.17, 15) is 8.78 Å². The van der Waals surface area contributed by atoms with E-state index in [0.29, 0.717) is 5.69 Å². The highest BCUT2D eigenvalue weighted by atomic mass is 19.1. The summed E-state index contributed by atoms with van der Waals surface area (Å²) in [6, 6.07) is 6.53. The number of aryl methyl sites for hydroxylation is 1. The third-order valence-corrected chi connectivity index (χ3v) is 5.26. The number of hydrogen-bond donors (Lipinski definition) is 1. The molecular weight excluding hydrogens is 383 g/mol. The molecule has 2 aromatic carbocycles. The molecule has 6 nitrogen and oxygen atoms in total. The van der Waals surface area contributed by atoms with Crippen LogP contribution in [0.15, 0.2) is 36.7 Å². The third-order valence-electron chi connectivity index (χ3n) is 5.26. The maximum Gasteiger partial charge on any atom is 0.247 e. The highest BCUT2D eigenvalue weighted by Crippen LogP contribution is 2.42. The average molecular weight is 403 g/mol. The van der Waals surface area contributed by atoms with E-state index >= 15 is 4.39 Å². The first kappa shape index (κ1) is 18.0. The van der Waals surface area contributed by atoms with E-state index in [1.807, 2.05) is 17.9 Å². The molecule has 0 amide bonds. The van der Waals surface area contributed by atoms with Gasteiger partial charge < -0.3 is 15.0 Å². The van der Waals surface area contributed by atoms with Crippen LogP contribution in [0.5, 0.6) is 0 Å². The number of anilines is 3. The first-order chi connectivity index (χ1) is 13.9. The lowest BCUT2D eigenvalue weighted by molar-refractivity contribution is -0.127. The molecule has 0 aliphatic carbocycles. The zero-order valence-electron chi connectivity index (χ0n) is 15.6. The molecule has 9 heteroatoms. The minimum Gasteiger partial charge on any atom is -0.380 e. The van der Waals surface area contributed by atoms with E-state index in [0.717, 1.165) is 50.1 Å². The molecule has 1 aromatic heterocycles. The number of ether oxygens (including phenoxy) is 1. The quantitative estimate of drug-likeness (QED) is 0.718. The van der Waals surface area contributed by atoms with Gasteiger partial charge in [-0.15, -0.1) is 5.10 Å². The molecule has 2 aliphatic heterocycles. The number of aromatic nitrogens is 3. The summed E-state index contributed by atoms with van der Waals surface area (Å²) in [5, 5.41) is 7.01. The van der Waals surface area contributed by atoms with Crippen molar-refractivity contribution >= 4 is 17.3 Å². The lowest BCUT2D eigenvalue weighted by Gasteiger charge is -2.56. The normalized spacial score (nSPS) is 17.2. The lowest BCUT2D eigenvalue weighted by Crippen LogP contribution is -2.66. The number of nitrogens with zero attached hydrogens (tertiary/aromatic N) is 4. The van der Waals surface area contributed by atoms with Crippen LogP contribution in [0.25, 0.3) is 5.69 Å². The van der Waals surface area contributed by atoms with E-state index in [1.165, 1.54) is 11.0 Å². The molecule has 0 saturated carbocycles. The molecule has 29 heavy (non-hydrogen) atoms. The van der Waals surface area contributed by atoms with Gasteiger partial charge in [0.15, 0.2) is 5.82 Å². The molecule has 5 rings (SSSR count). The van der Waals surface area contributed by atoms with Gasteiger partial charge in [0.1, 0.15) is 18.0 Å². The third kappa shape index (κ3) is 3.21. The van der Waals surface area contributed by atoms with Gasteiger partial charge in [0.25, 0.3) is 0 Å². The zero-order valence-corrected chi connectivity index (χ0v) is 15.6. The summed E-state index contributed by atoms with van der Waals surface area (Å²) >= 11 is 0. The van der Waals surface area contributed by atoms with Gasteiger partial charge in [-0.1, -0.05) is 0 Å². The Kier molecular flexibility index (Phi) is 4.02. The van der Waals surface area contributed by atoms with Gasteiger partial charge in [-0.25, -0.2) is 17.9 Å². The van der Waals surface area contributed by atoms with Crippen molar-refractivity contribution < 1.29 is 19.3 Å². The molecular formula is C20H20F3N5O. The largest absolute Gasteiger partial charge is 0.380 e. The molecule has 2 saturated heterocycles. The number of hydrogen-bond acceptors (Lipinski definition) is 5. The van der Waals surface area contributed by atoms with Crippen LogP contribution in [0.3, 0.4) is 0 Å². The lowest BCUT2D eigenvalue weighted by atomic mass is 9.77. The fourth-order valence-corrected chi connectivity index (χ4v) is 3.81. The first-order valence-electron chi connectivity index (χ1n) is 9.19. The van der Waals surface area contributed by atoms with Gasteiger partial charge in [-0.3, -0.25) is 0 Å². The highest BCUT2D eigenvalue weighted by Gasteiger charge is 2.49. The predicted molar refractivity (Wildman–Crippen MR) is 103 cm³/mol. The smallest absolute Gasteiger partial charge is 0.247 e. The van der Waals surface area contributed by atoms with Gasteiger partial charge in [-0.05, 0) is 36.8 Å².